The van der Waals surface area contributed by atoms with Gasteiger partial charge < -0.3 is 15.4 Å². The molecule has 39 heavy (non-hydrogen) atoms. The molecule has 1 amide bonds. The molecule has 0 bridgehead atoms. The second kappa shape index (κ2) is 12.1. The minimum Gasteiger partial charge on any atom is -0.489 e. The van der Waals surface area contributed by atoms with Crippen molar-refractivity contribution in [3.8, 4) is 5.75 Å². The maximum absolute atomic E-state index is 13.8. The van der Waals surface area contributed by atoms with Gasteiger partial charge >= 0.3 is 0 Å². The Bertz CT molecular complexity index is 1520. The van der Waals surface area contributed by atoms with Gasteiger partial charge in [-0.05, 0) is 67.3 Å². The second-order valence-electron chi connectivity index (χ2n) is 9.33. The van der Waals surface area contributed by atoms with E-state index in [4.69, 9.17) is 14.8 Å². The number of carbonyl (C=O) groups excluding carboxylic acids is 1. The minimum absolute atomic E-state index is 0.182. The highest BCUT2D eigenvalue weighted by atomic mass is 79.9. The third kappa shape index (κ3) is 6.20. The molecule has 0 aliphatic carbocycles. The normalized spacial score (nSPS) is 14.5. The van der Waals surface area contributed by atoms with E-state index in [1.54, 1.807) is 11.8 Å². The zero-order valence-corrected chi connectivity index (χ0v) is 24.5. The molecule has 200 valence electrons. The summed E-state index contributed by atoms with van der Waals surface area (Å²) in [5.74, 6) is 2.11. The number of aryl methyl sites for hydroxylation is 1. The summed E-state index contributed by atoms with van der Waals surface area (Å²) < 4.78 is 8.86. The van der Waals surface area contributed by atoms with Gasteiger partial charge in [0.15, 0.2) is 0 Å². The monoisotopic (exact) mass is 603 g/mol. The van der Waals surface area contributed by atoms with Crippen LogP contribution in [-0.4, -0.2) is 26.4 Å². The quantitative estimate of drug-likeness (QED) is 0.195. The number of thioether (sulfide) groups is 1. The Kier molecular flexibility index (Phi) is 8.38. The Hall–Kier alpha value is -3.56. The molecule has 4 aromatic rings. The van der Waals surface area contributed by atoms with Gasteiger partial charge in [0.2, 0.25) is 11.1 Å². The molecule has 2 heterocycles. The number of nitrogens with one attached hydrogen (secondary N) is 2. The Morgan fingerprint density at radius 3 is 2.64 bits per heavy atom. The van der Waals surface area contributed by atoms with Gasteiger partial charge in [-0.2, -0.15) is 4.98 Å². The van der Waals surface area contributed by atoms with Crippen LogP contribution in [0.5, 0.6) is 5.75 Å². The number of rotatable bonds is 9. The highest BCUT2D eigenvalue weighted by Crippen LogP contribution is 2.37. The van der Waals surface area contributed by atoms with Gasteiger partial charge in [-0.25, -0.2) is 4.68 Å². The van der Waals surface area contributed by atoms with Crippen molar-refractivity contribution >= 4 is 45.2 Å². The molecule has 0 radical (unpaired) electrons. The fraction of sp³-hybridized carbons (Fsp3) is 0.233. The first kappa shape index (κ1) is 27.0. The van der Waals surface area contributed by atoms with E-state index in [0.29, 0.717) is 23.3 Å². The van der Waals surface area contributed by atoms with Crippen molar-refractivity contribution in [2.45, 2.75) is 45.0 Å². The minimum atomic E-state index is -0.451. The van der Waals surface area contributed by atoms with Gasteiger partial charge in [0.05, 0.1) is 5.57 Å². The number of nitrogens with zero attached hydrogens (tertiary/aromatic N) is 3. The number of aromatic nitrogens is 3. The number of para-hydroxylation sites is 1. The number of anilines is 2. The van der Waals surface area contributed by atoms with E-state index in [0.717, 1.165) is 50.5 Å². The smallest absolute Gasteiger partial charge is 0.255 e. The summed E-state index contributed by atoms with van der Waals surface area (Å²) in [6.07, 6.45) is 1.02. The van der Waals surface area contributed by atoms with Crippen LogP contribution in [-0.2, 0) is 11.4 Å². The van der Waals surface area contributed by atoms with Gasteiger partial charge in [-0.3, -0.25) is 4.79 Å². The van der Waals surface area contributed by atoms with Gasteiger partial charge in [0.25, 0.3) is 5.91 Å². The topological polar surface area (TPSA) is 81.1 Å². The lowest BCUT2D eigenvalue weighted by Crippen LogP contribution is -2.31. The summed E-state index contributed by atoms with van der Waals surface area (Å²) in [5.41, 5.74) is 5.10. The highest BCUT2D eigenvalue weighted by molar-refractivity contribution is 9.10. The molecule has 1 atom stereocenters. The number of carbonyl (C=O) groups is 1. The van der Waals surface area contributed by atoms with E-state index in [2.05, 4.69) is 33.5 Å². The molecule has 1 aromatic heterocycles. The van der Waals surface area contributed by atoms with Crippen molar-refractivity contribution in [3.05, 3.63) is 105 Å². The number of hydrogen-bond donors (Lipinski definition) is 2. The third-order valence-corrected chi connectivity index (χ3v) is 7.93. The van der Waals surface area contributed by atoms with Crippen molar-refractivity contribution in [2.75, 3.05) is 16.4 Å². The second-order valence-corrected chi connectivity index (χ2v) is 11.3. The fourth-order valence-electron chi connectivity index (χ4n) is 4.43. The van der Waals surface area contributed by atoms with Crippen molar-refractivity contribution in [2.24, 2.45) is 0 Å². The summed E-state index contributed by atoms with van der Waals surface area (Å²) in [6.45, 7) is 6.48. The summed E-state index contributed by atoms with van der Waals surface area (Å²) in [6, 6.07) is 23.2. The van der Waals surface area contributed by atoms with E-state index < -0.39 is 6.04 Å². The molecule has 1 aliphatic heterocycles. The van der Waals surface area contributed by atoms with Crippen LogP contribution in [0.4, 0.5) is 11.6 Å². The molecule has 5 rings (SSSR count). The van der Waals surface area contributed by atoms with Gasteiger partial charge in [-0.1, -0.05) is 77.1 Å². The van der Waals surface area contributed by atoms with E-state index in [1.807, 2.05) is 91.3 Å². The number of amides is 1. The van der Waals surface area contributed by atoms with Crippen LogP contribution in [0.15, 0.2) is 93.7 Å². The Morgan fingerprint density at radius 2 is 1.90 bits per heavy atom. The SMILES string of the molecule is CCCSc1nc2n(n1)C(c1ccc(OCc3cccc(Br)c3)cc1)C(C(=O)Nc1ccccc1C)=C(C)N2. The van der Waals surface area contributed by atoms with E-state index in [9.17, 15) is 4.79 Å². The highest BCUT2D eigenvalue weighted by Gasteiger charge is 2.34. The zero-order chi connectivity index (χ0) is 27.4. The molecule has 3 aromatic carbocycles. The standard InChI is InChI=1S/C30H30BrN5O2S/c1-4-16-39-30-34-29-32-20(3)26(28(37)33-25-11-6-5-8-19(25)2)27(36(29)35-30)22-12-14-24(15-13-22)38-18-21-9-7-10-23(31)17-21/h5-15,17,27H,4,16,18H2,1-3H3,(H,33,37)(H,32,34,35). The molecule has 0 saturated heterocycles. The molecule has 7 nitrogen and oxygen atoms in total. The molecule has 0 spiro atoms. The number of hydrogen-bond acceptors (Lipinski definition) is 6. The van der Waals surface area contributed by atoms with Gasteiger partial charge in [0, 0.05) is 21.6 Å². The lowest BCUT2D eigenvalue weighted by atomic mass is 9.95. The lowest BCUT2D eigenvalue weighted by molar-refractivity contribution is -0.113. The molecule has 1 aliphatic rings. The Balaban J connectivity index is 1.46. The number of fused-ring (bicyclic) bond motifs is 1. The maximum atomic E-state index is 13.8. The van der Waals surface area contributed by atoms with Crippen LogP contribution in [0.1, 0.15) is 43.0 Å². The Morgan fingerprint density at radius 1 is 1.10 bits per heavy atom. The average Bonchev–Trinajstić information content (AvgIpc) is 3.34. The third-order valence-electron chi connectivity index (χ3n) is 6.40. The molecule has 1 unspecified atom stereocenters. The van der Waals surface area contributed by atoms with Crippen LogP contribution in [0.2, 0.25) is 0 Å². The molecule has 0 fully saturated rings. The predicted octanol–water partition coefficient (Wildman–Crippen LogP) is 7.36. The molecule has 2 N–H and O–H groups in total. The lowest BCUT2D eigenvalue weighted by Gasteiger charge is -2.29. The molecular weight excluding hydrogens is 574 g/mol. The number of allylic oxidation sites excluding steroid dienone is 1. The number of ether oxygens (including phenoxy) is 1. The first-order valence-corrected chi connectivity index (χ1v) is 14.6. The number of halogens is 1. The van der Waals surface area contributed by atoms with Crippen molar-refractivity contribution in [3.63, 3.8) is 0 Å². The maximum Gasteiger partial charge on any atom is 0.255 e. The van der Waals surface area contributed by atoms with Crippen LogP contribution < -0.4 is 15.4 Å². The van der Waals surface area contributed by atoms with Crippen LogP contribution in [0.3, 0.4) is 0 Å². The largest absolute Gasteiger partial charge is 0.489 e. The Labute approximate surface area is 241 Å². The summed E-state index contributed by atoms with van der Waals surface area (Å²) in [7, 11) is 0. The fourth-order valence-corrected chi connectivity index (χ4v) is 5.56. The number of benzene rings is 3. The van der Waals surface area contributed by atoms with Crippen LogP contribution >= 0.6 is 27.7 Å². The molecule has 0 saturated carbocycles. The molecule has 9 heteroatoms. The molecular formula is C30H30BrN5O2S. The summed E-state index contributed by atoms with van der Waals surface area (Å²) in [5, 5.41) is 11.9. The van der Waals surface area contributed by atoms with Crippen molar-refractivity contribution in [1.29, 1.82) is 0 Å². The summed E-state index contributed by atoms with van der Waals surface area (Å²) >= 11 is 5.11. The van der Waals surface area contributed by atoms with Crippen molar-refractivity contribution in [1.82, 2.24) is 14.8 Å². The predicted molar refractivity (Wildman–Crippen MR) is 160 cm³/mol. The van der Waals surface area contributed by atoms with E-state index in [-0.39, 0.29) is 5.91 Å². The summed E-state index contributed by atoms with van der Waals surface area (Å²) in [4.78, 5) is 18.5. The van der Waals surface area contributed by atoms with Gasteiger partial charge in [-0.15, -0.1) is 5.10 Å². The first-order chi connectivity index (χ1) is 18.9. The van der Waals surface area contributed by atoms with Crippen molar-refractivity contribution < 1.29 is 9.53 Å². The zero-order valence-electron chi connectivity index (χ0n) is 22.1. The van der Waals surface area contributed by atoms with Crippen LogP contribution in [0, 0.1) is 6.92 Å². The van der Waals surface area contributed by atoms with E-state index >= 15 is 0 Å². The van der Waals surface area contributed by atoms with Gasteiger partial charge in [0.1, 0.15) is 18.4 Å². The average molecular weight is 605 g/mol. The van der Waals surface area contributed by atoms with E-state index in [1.165, 1.54) is 0 Å². The first-order valence-electron chi connectivity index (χ1n) is 12.8. The van der Waals surface area contributed by atoms with Crippen LogP contribution in [0.25, 0.3) is 0 Å².